The van der Waals surface area contributed by atoms with E-state index in [9.17, 15) is 9.18 Å². The number of methoxy groups -OCH3 is 1. The van der Waals surface area contributed by atoms with Gasteiger partial charge < -0.3 is 14.2 Å². The predicted octanol–water partition coefficient (Wildman–Crippen LogP) is 4.03. The molecule has 1 N–H and O–H groups in total. The summed E-state index contributed by atoms with van der Waals surface area (Å²) >= 11 is 6.00. The molecular formula is C19H17ClFN3O4. The van der Waals surface area contributed by atoms with Gasteiger partial charge in [-0.2, -0.15) is 10.3 Å². The largest absolute Gasteiger partial charge is 0.496 e. The normalized spacial score (nSPS) is 10.6. The second-order valence-electron chi connectivity index (χ2n) is 5.63. The van der Waals surface area contributed by atoms with Gasteiger partial charge in [-0.05, 0) is 43.3 Å². The minimum Gasteiger partial charge on any atom is -0.496 e. The van der Waals surface area contributed by atoms with Crippen molar-refractivity contribution < 1.29 is 23.4 Å². The van der Waals surface area contributed by atoms with Gasteiger partial charge in [0.1, 0.15) is 29.6 Å². The minimum absolute atomic E-state index is 0.0838. The Balaban J connectivity index is 1.89. The van der Waals surface area contributed by atoms with Gasteiger partial charge in [-0.15, -0.1) is 5.10 Å². The number of halogens is 2. The van der Waals surface area contributed by atoms with Crippen LogP contribution in [0.1, 0.15) is 23.0 Å². The van der Waals surface area contributed by atoms with Gasteiger partial charge in [0.25, 0.3) is 0 Å². The van der Waals surface area contributed by atoms with Gasteiger partial charge in [0, 0.05) is 11.1 Å². The van der Waals surface area contributed by atoms with Crippen LogP contribution in [-0.2, 0) is 11.3 Å². The highest BCUT2D eigenvalue weighted by atomic mass is 35.5. The first-order valence-electron chi connectivity index (χ1n) is 8.36. The Morgan fingerprint density at radius 2 is 1.96 bits per heavy atom. The molecule has 7 nitrogen and oxygen atoms in total. The first-order chi connectivity index (χ1) is 13.5. The van der Waals surface area contributed by atoms with Crippen molar-refractivity contribution in [3.8, 4) is 22.8 Å². The highest BCUT2D eigenvalue weighted by Gasteiger charge is 2.20. The van der Waals surface area contributed by atoms with Crippen LogP contribution in [0.15, 0.2) is 36.4 Å². The highest BCUT2D eigenvalue weighted by molar-refractivity contribution is 6.32. The van der Waals surface area contributed by atoms with Crippen molar-refractivity contribution in [3.63, 3.8) is 0 Å². The van der Waals surface area contributed by atoms with Crippen LogP contribution < -0.4 is 9.47 Å². The summed E-state index contributed by atoms with van der Waals surface area (Å²) in [5.74, 6) is -0.111. The lowest BCUT2D eigenvalue weighted by Gasteiger charge is -2.12. The molecule has 28 heavy (non-hydrogen) atoms. The van der Waals surface area contributed by atoms with Crippen molar-refractivity contribution in [3.05, 3.63) is 58.5 Å². The molecule has 146 valence electrons. The zero-order chi connectivity index (χ0) is 20.1. The molecule has 0 spiro atoms. The average molecular weight is 406 g/mol. The Bertz CT molecular complexity index is 993. The van der Waals surface area contributed by atoms with Gasteiger partial charge >= 0.3 is 5.97 Å². The van der Waals surface area contributed by atoms with E-state index < -0.39 is 11.8 Å². The summed E-state index contributed by atoms with van der Waals surface area (Å²) in [5, 5.41) is 10.5. The number of esters is 1. The number of nitrogens with zero attached hydrogens (tertiary/aromatic N) is 2. The summed E-state index contributed by atoms with van der Waals surface area (Å²) in [5.41, 5.74) is 1.74. The Hall–Kier alpha value is -3.13. The third-order valence-corrected chi connectivity index (χ3v) is 4.14. The quantitative estimate of drug-likeness (QED) is 0.597. The molecule has 0 bridgehead atoms. The summed E-state index contributed by atoms with van der Waals surface area (Å²) in [7, 11) is 1.53. The van der Waals surface area contributed by atoms with Crippen molar-refractivity contribution in [1.29, 1.82) is 0 Å². The van der Waals surface area contributed by atoms with E-state index in [-0.39, 0.29) is 23.9 Å². The molecule has 2 aromatic carbocycles. The number of carbonyl (C=O) groups is 1. The first kappa shape index (κ1) is 19.6. The smallest absolute Gasteiger partial charge is 0.361 e. The van der Waals surface area contributed by atoms with Gasteiger partial charge in [0.2, 0.25) is 0 Å². The third kappa shape index (κ3) is 4.23. The van der Waals surface area contributed by atoms with Crippen molar-refractivity contribution in [1.82, 2.24) is 15.4 Å². The molecule has 0 saturated carbocycles. The second-order valence-corrected chi connectivity index (χ2v) is 6.04. The van der Waals surface area contributed by atoms with Gasteiger partial charge in [-0.3, -0.25) is 0 Å². The minimum atomic E-state index is -0.571. The number of rotatable bonds is 7. The summed E-state index contributed by atoms with van der Waals surface area (Å²) in [6.07, 6.45) is 0. The Morgan fingerprint density at radius 1 is 1.18 bits per heavy atom. The maximum atomic E-state index is 13.2. The molecule has 0 aliphatic carbocycles. The van der Waals surface area contributed by atoms with E-state index in [0.29, 0.717) is 28.3 Å². The van der Waals surface area contributed by atoms with E-state index in [2.05, 4.69) is 15.4 Å². The van der Waals surface area contributed by atoms with Crippen molar-refractivity contribution >= 4 is 17.6 Å². The van der Waals surface area contributed by atoms with Crippen LogP contribution in [-0.4, -0.2) is 35.1 Å². The summed E-state index contributed by atoms with van der Waals surface area (Å²) < 4.78 is 29.2. The van der Waals surface area contributed by atoms with E-state index in [1.165, 1.54) is 25.3 Å². The number of carbonyl (C=O) groups excluding carboxylic acids is 1. The molecule has 0 radical (unpaired) electrons. The fraction of sp³-hybridized carbons (Fsp3) is 0.211. The fourth-order valence-corrected chi connectivity index (χ4v) is 2.78. The molecular weight excluding hydrogens is 389 g/mol. The molecule has 0 amide bonds. The molecule has 3 aromatic rings. The van der Waals surface area contributed by atoms with Crippen LogP contribution in [0, 0.1) is 5.82 Å². The molecule has 0 atom stereocenters. The number of benzene rings is 2. The molecule has 0 unspecified atom stereocenters. The molecule has 0 fully saturated rings. The van der Waals surface area contributed by atoms with Gasteiger partial charge in [0.05, 0.1) is 18.7 Å². The van der Waals surface area contributed by atoms with Crippen molar-refractivity contribution in [2.24, 2.45) is 0 Å². The topological polar surface area (TPSA) is 86.3 Å². The predicted molar refractivity (Wildman–Crippen MR) is 100 cm³/mol. The zero-order valence-corrected chi connectivity index (χ0v) is 15.9. The second kappa shape index (κ2) is 8.71. The molecule has 0 aliphatic heterocycles. The lowest BCUT2D eigenvalue weighted by atomic mass is 10.1. The molecule has 1 heterocycles. The van der Waals surface area contributed by atoms with Gasteiger partial charge in [0.15, 0.2) is 5.69 Å². The molecule has 1 aromatic heterocycles. The fourth-order valence-electron chi connectivity index (χ4n) is 2.56. The maximum Gasteiger partial charge on any atom is 0.361 e. The van der Waals surface area contributed by atoms with Crippen molar-refractivity contribution in [2.45, 2.75) is 13.5 Å². The molecule has 0 aliphatic rings. The lowest BCUT2D eigenvalue weighted by Crippen LogP contribution is -2.07. The number of hydrogen-bond donors (Lipinski definition) is 1. The van der Waals surface area contributed by atoms with Crippen LogP contribution in [0.25, 0.3) is 11.3 Å². The number of hydrogen-bond acceptors (Lipinski definition) is 6. The SMILES string of the molecule is CCOC(=O)c1n[nH]nc1-c1ccc(OC)c(COc2ccc(F)cc2Cl)c1. The Labute approximate surface area is 165 Å². The number of aromatic nitrogens is 3. The summed E-state index contributed by atoms with van der Waals surface area (Å²) in [4.78, 5) is 12.0. The van der Waals surface area contributed by atoms with E-state index in [4.69, 9.17) is 25.8 Å². The van der Waals surface area contributed by atoms with Crippen LogP contribution in [0.5, 0.6) is 11.5 Å². The van der Waals surface area contributed by atoms with Gasteiger partial charge in [-0.25, -0.2) is 9.18 Å². The third-order valence-electron chi connectivity index (χ3n) is 3.85. The molecule has 9 heteroatoms. The Kier molecular flexibility index (Phi) is 6.10. The lowest BCUT2D eigenvalue weighted by molar-refractivity contribution is 0.0520. The number of nitrogens with one attached hydrogen (secondary N) is 1. The first-order valence-corrected chi connectivity index (χ1v) is 8.74. The number of aromatic amines is 1. The monoisotopic (exact) mass is 405 g/mol. The van der Waals surface area contributed by atoms with Crippen LogP contribution in [0.2, 0.25) is 5.02 Å². The van der Waals surface area contributed by atoms with E-state index in [1.54, 1.807) is 25.1 Å². The Morgan fingerprint density at radius 3 is 2.68 bits per heavy atom. The van der Waals surface area contributed by atoms with E-state index in [0.717, 1.165) is 0 Å². The van der Waals surface area contributed by atoms with E-state index >= 15 is 0 Å². The number of ether oxygens (including phenoxy) is 3. The summed E-state index contributed by atoms with van der Waals surface area (Å²) in [6, 6.07) is 9.11. The highest BCUT2D eigenvalue weighted by Crippen LogP contribution is 2.30. The van der Waals surface area contributed by atoms with Gasteiger partial charge in [-0.1, -0.05) is 11.6 Å². The maximum absolute atomic E-state index is 13.2. The average Bonchev–Trinajstić information content (AvgIpc) is 3.17. The van der Waals surface area contributed by atoms with Crippen molar-refractivity contribution in [2.75, 3.05) is 13.7 Å². The molecule has 0 saturated heterocycles. The van der Waals surface area contributed by atoms with Crippen LogP contribution in [0.3, 0.4) is 0 Å². The standard InChI is InChI=1S/C19H17ClFN3O4/c1-3-27-19(25)18-17(22-24-23-18)11-4-6-15(26-2)12(8-11)10-28-16-7-5-13(21)9-14(16)20/h4-9H,3,10H2,1-2H3,(H,22,23,24). The van der Waals surface area contributed by atoms with E-state index in [1.807, 2.05) is 0 Å². The number of H-pyrrole nitrogens is 1. The van der Waals surface area contributed by atoms with Crippen LogP contribution >= 0.6 is 11.6 Å². The summed E-state index contributed by atoms with van der Waals surface area (Å²) in [6.45, 7) is 2.04. The van der Waals surface area contributed by atoms with Crippen LogP contribution in [0.4, 0.5) is 4.39 Å². The zero-order valence-electron chi connectivity index (χ0n) is 15.2. The molecule has 3 rings (SSSR count).